The second-order valence-electron chi connectivity index (χ2n) is 6.07. The van der Waals surface area contributed by atoms with Crippen LogP contribution in [0.15, 0.2) is 57.7 Å². The highest BCUT2D eigenvalue weighted by molar-refractivity contribution is 5.91. The van der Waals surface area contributed by atoms with Gasteiger partial charge in [-0.15, -0.1) is 0 Å². The molecule has 1 saturated heterocycles. The number of benzene rings is 1. The van der Waals surface area contributed by atoms with Gasteiger partial charge >= 0.3 is 0 Å². The lowest BCUT2D eigenvalue weighted by Crippen LogP contribution is -3.13. The first-order valence-corrected chi connectivity index (χ1v) is 8.34. The number of hydrogen-bond donors (Lipinski definition) is 1. The van der Waals surface area contributed by atoms with E-state index in [1.165, 1.54) is 11.2 Å². The Hall–Kier alpha value is -2.93. The second kappa shape index (κ2) is 6.90. The van der Waals surface area contributed by atoms with Crippen molar-refractivity contribution in [2.24, 2.45) is 0 Å². The van der Waals surface area contributed by atoms with Crippen molar-refractivity contribution < 1.29 is 18.6 Å². The average molecular weight is 339 g/mol. The van der Waals surface area contributed by atoms with Crippen LogP contribution in [0.5, 0.6) is 0 Å². The van der Waals surface area contributed by atoms with Gasteiger partial charge in [0.25, 0.3) is 11.8 Å². The molecule has 3 heterocycles. The van der Waals surface area contributed by atoms with Gasteiger partial charge in [0.1, 0.15) is 0 Å². The predicted octanol–water partition coefficient (Wildman–Crippen LogP) is 0.870. The van der Waals surface area contributed by atoms with E-state index in [2.05, 4.69) is 10.1 Å². The van der Waals surface area contributed by atoms with E-state index in [9.17, 15) is 4.79 Å². The Kier molecular flexibility index (Phi) is 4.30. The molecule has 0 aliphatic carbocycles. The summed E-state index contributed by atoms with van der Waals surface area (Å²) in [5, 5.41) is 4.05. The van der Waals surface area contributed by atoms with Crippen LogP contribution in [-0.4, -0.2) is 47.1 Å². The van der Waals surface area contributed by atoms with Crippen molar-refractivity contribution in [1.82, 2.24) is 15.0 Å². The zero-order chi connectivity index (χ0) is 17.1. The van der Waals surface area contributed by atoms with Crippen molar-refractivity contribution in [1.29, 1.82) is 0 Å². The molecule has 0 unspecified atom stereocenters. The zero-order valence-corrected chi connectivity index (χ0v) is 13.7. The molecule has 0 saturated carbocycles. The van der Waals surface area contributed by atoms with E-state index in [0.717, 1.165) is 18.7 Å². The second-order valence-corrected chi connectivity index (χ2v) is 6.07. The number of furan rings is 1. The number of piperazine rings is 1. The number of aromatic nitrogens is 2. The SMILES string of the molecule is O=C(c1ccco1)N1CC[NH+](Cc2nc(-c3ccccc3)no2)CC1. The summed E-state index contributed by atoms with van der Waals surface area (Å²) in [6.45, 7) is 3.73. The summed E-state index contributed by atoms with van der Waals surface area (Å²) < 4.78 is 10.6. The molecule has 4 rings (SSSR count). The summed E-state index contributed by atoms with van der Waals surface area (Å²) >= 11 is 0. The number of nitrogens with one attached hydrogen (secondary N) is 1. The highest BCUT2D eigenvalue weighted by Crippen LogP contribution is 2.14. The molecule has 0 bridgehead atoms. The zero-order valence-electron chi connectivity index (χ0n) is 13.7. The number of carbonyl (C=O) groups excluding carboxylic acids is 1. The molecule has 1 fully saturated rings. The van der Waals surface area contributed by atoms with Crippen LogP contribution in [0.1, 0.15) is 16.4 Å². The smallest absolute Gasteiger partial charge is 0.289 e. The first kappa shape index (κ1) is 15.6. The third kappa shape index (κ3) is 3.46. The lowest BCUT2D eigenvalue weighted by Gasteiger charge is -2.30. The lowest BCUT2D eigenvalue weighted by atomic mass is 10.2. The molecule has 0 radical (unpaired) electrons. The molecule has 3 aromatic rings. The van der Waals surface area contributed by atoms with Gasteiger partial charge in [0.05, 0.1) is 32.4 Å². The Morgan fingerprint density at radius 2 is 1.92 bits per heavy atom. The van der Waals surface area contributed by atoms with Gasteiger partial charge < -0.3 is 18.7 Å². The Labute approximate surface area is 144 Å². The fraction of sp³-hybridized carbons (Fsp3) is 0.278. The summed E-state index contributed by atoms with van der Waals surface area (Å²) in [6, 6.07) is 13.2. The third-order valence-electron chi connectivity index (χ3n) is 4.39. The first-order valence-electron chi connectivity index (χ1n) is 8.34. The minimum Gasteiger partial charge on any atom is -0.459 e. The van der Waals surface area contributed by atoms with Gasteiger partial charge in [0, 0.05) is 5.56 Å². The van der Waals surface area contributed by atoms with Crippen LogP contribution in [0.2, 0.25) is 0 Å². The van der Waals surface area contributed by atoms with Crippen LogP contribution in [0.4, 0.5) is 0 Å². The maximum absolute atomic E-state index is 12.3. The standard InChI is InChI=1S/C18H18N4O3/c23-18(15-7-4-12-24-15)22-10-8-21(9-11-22)13-16-19-17(20-25-16)14-5-2-1-3-6-14/h1-7,12H,8-11,13H2/p+1. The van der Waals surface area contributed by atoms with E-state index < -0.39 is 0 Å². The highest BCUT2D eigenvalue weighted by atomic mass is 16.5. The maximum atomic E-state index is 12.3. The topological polar surface area (TPSA) is 76.8 Å². The van der Waals surface area contributed by atoms with Gasteiger partial charge in [-0.1, -0.05) is 35.5 Å². The van der Waals surface area contributed by atoms with E-state index in [-0.39, 0.29) is 5.91 Å². The van der Waals surface area contributed by atoms with Crippen molar-refractivity contribution in [2.75, 3.05) is 26.2 Å². The molecule has 1 aromatic carbocycles. The largest absolute Gasteiger partial charge is 0.459 e. The maximum Gasteiger partial charge on any atom is 0.289 e. The molecule has 7 heteroatoms. The van der Waals surface area contributed by atoms with Crippen molar-refractivity contribution in [3.63, 3.8) is 0 Å². The molecule has 25 heavy (non-hydrogen) atoms. The van der Waals surface area contributed by atoms with Crippen molar-refractivity contribution >= 4 is 5.91 Å². The van der Waals surface area contributed by atoms with Gasteiger partial charge in [-0.3, -0.25) is 4.79 Å². The molecule has 1 amide bonds. The van der Waals surface area contributed by atoms with Crippen LogP contribution in [0.25, 0.3) is 11.4 Å². The minimum absolute atomic E-state index is 0.0480. The van der Waals surface area contributed by atoms with Gasteiger partial charge in [0.15, 0.2) is 12.3 Å². The summed E-state index contributed by atoms with van der Waals surface area (Å²) in [6.07, 6.45) is 1.52. The molecule has 7 nitrogen and oxygen atoms in total. The molecule has 1 N–H and O–H groups in total. The minimum atomic E-state index is -0.0480. The average Bonchev–Trinajstić information content (AvgIpc) is 3.35. The van der Waals surface area contributed by atoms with Crippen LogP contribution in [-0.2, 0) is 6.54 Å². The number of amides is 1. The van der Waals surface area contributed by atoms with Crippen molar-refractivity contribution in [2.45, 2.75) is 6.54 Å². The van der Waals surface area contributed by atoms with Crippen LogP contribution >= 0.6 is 0 Å². The fourth-order valence-corrected chi connectivity index (χ4v) is 3.00. The van der Waals surface area contributed by atoms with Gasteiger partial charge in [-0.05, 0) is 12.1 Å². The molecule has 128 valence electrons. The van der Waals surface area contributed by atoms with Gasteiger partial charge in [-0.2, -0.15) is 4.98 Å². The summed E-state index contributed by atoms with van der Waals surface area (Å²) in [5.41, 5.74) is 0.946. The van der Waals surface area contributed by atoms with E-state index in [4.69, 9.17) is 8.94 Å². The Morgan fingerprint density at radius 1 is 1.12 bits per heavy atom. The quantitative estimate of drug-likeness (QED) is 0.763. The van der Waals surface area contributed by atoms with Crippen molar-refractivity contribution in [3.8, 4) is 11.4 Å². The highest BCUT2D eigenvalue weighted by Gasteiger charge is 2.27. The third-order valence-corrected chi connectivity index (χ3v) is 4.39. The van der Waals surface area contributed by atoms with E-state index in [0.29, 0.717) is 37.1 Å². The molecule has 1 aliphatic heterocycles. The van der Waals surface area contributed by atoms with Crippen molar-refractivity contribution in [3.05, 3.63) is 60.4 Å². The Bertz CT molecular complexity index is 821. The summed E-state index contributed by atoms with van der Waals surface area (Å²) in [4.78, 5) is 19.9. The lowest BCUT2D eigenvalue weighted by molar-refractivity contribution is -0.918. The summed E-state index contributed by atoms with van der Waals surface area (Å²) in [5.74, 6) is 1.59. The van der Waals surface area contributed by atoms with Crippen LogP contribution in [0, 0.1) is 0 Å². The van der Waals surface area contributed by atoms with Gasteiger partial charge in [0.2, 0.25) is 5.82 Å². The molecular formula is C18H19N4O3+. The van der Waals surface area contributed by atoms with Crippen LogP contribution in [0.3, 0.4) is 0 Å². The van der Waals surface area contributed by atoms with E-state index >= 15 is 0 Å². The first-order chi connectivity index (χ1) is 12.3. The number of hydrogen-bond acceptors (Lipinski definition) is 5. The van der Waals surface area contributed by atoms with E-state index in [1.807, 2.05) is 35.2 Å². The molecular weight excluding hydrogens is 320 g/mol. The number of nitrogens with zero attached hydrogens (tertiary/aromatic N) is 3. The van der Waals surface area contributed by atoms with Gasteiger partial charge in [-0.25, -0.2) is 0 Å². The number of rotatable bonds is 4. The van der Waals surface area contributed by atoms with E-state index in [1.54, 1.807) is 12.1 Å². The Morgan fingerprint density at radius 3 is 2.64 bits per heavy atom. The molecule has 2 aromatic heterocycles. The molecule has 1 aliphatic rings. The predicted molar refractivity (Wildman–Crippen MR) is 88.7 cm³/mol. The monoisotopic (exact) mass is 339 g/mol. The van der Waals surface area contributed by atoms with Crippen LogP contribution < -0.4 is 4.90 Å². The molecule has 0 atom stereocenters. The summed E-state index contributed by atoms with van der Waals surface area (Å²) in [7, 11) is 0. The number of carbonyl (C=O) groups is 1. The Balaban J connectivity index is 1.33. The normalized spacial score (nSPS) is 15.4. The fourth-order valence-electron chi connectivity index (χ4n) is 3.00. The number of quaternary nitrogens is 1. The molecule has 0 spiro atoms.